The Hall–Kier alpha value is -2.08. The normalized spacial score (nSPS) is 20.6. The molecule has 3 N–H and O–H groups in total. The smallest absolute Gasteiger partial charge is 0.315 e. The van der Waals surface area contributed by atoms with Gasteiger partial charge in [-0.2, -0.15) is 0 Å². The molecule has 2 heterocycles. The first kappa shape index (κ1) is 18.7. The van der Waals surface area contributed by atoms with Gasteiger partial charge in [0.15, 0.2) is 0 Å². The number of anilines is 1. The number of aryl methyl sites for hydroxylation is 2. The molecule has 3 rings (SSSR count). The molecule has 1 aromatic carbocycles. The average Bonchev–Trinajstić information content (AvgIpc) is 3.24. The zero-order valence-electron chi connectivity index (χ0n) is 15.9. The minimum absolute atomic E-state index is 0.0659. The number of carbonyl (C=O) groups is 2. The van der Waals surface area contributed by atoms with Crippen LogP contribution in [0.25, 0.3) is 0 Å². The zero-order chi connectivity index (χ0) is 18.5. The van der Waals surface area contributed by atoms with E-state index in [2.05, 4.69) is 17.6 Å². The molecule has 2 saturated heterocycles. The van der Waals surface area contributed by atoms with Crippen LogP contribution in [0.15, 0.2) is 18.2 Å². The molecule has 3 amide bonds. The van der Waals surface area contributed by atoms with Gasteiger partial charge < -0.3 is 20.4 Å². The highest BCUT2D eigenvalue weighted by atomic mass is 16.2. The number of carbonyl (C=O) groups excluding carboxylic acids is 2. The van der Waals surface area contributed by atoms with Crippen molar-refractivity contribution in [1.29, 1.82) is 0 Å². The van der Waals surface area contributed by atoms with E-state index in [1.165, 1.54) is 37.1 Å². The van der Waals surface area contributed by atoms with Crippen molar-refractivity contribution < 1.29 is 14.5 Å². The number of quaternary nitrogens is 1. The van der Waals surface area contributed by atoms with Crippen molar-refractivity contribution in [2.24, 2.45) is 0 Å². The van der Waals surface area contributed by atoms with E-state index >= 15 is 0 Å². The van der Waals surface area contributed by atoms with E-state index in [1.807, 2.05) is 25.1 Å². The van der Waals surface area contributed by atoms with Crippen LogP contribution in [0.3, 0.4) is 0 Å². The molecule has 0 aliphatic carbocycles. The highest BCUT2D eigenvalue weighted by molar-refractivity contribution is 5.96. The predicted octanol–water partition coefficient (Wildman–Crippen LogP) is 0.777. The Morgan fingerprint density at radius 3 is 2.73 bits per heavy atom. The van der Waals surface area contributed by atoms with Crippen molar-refractivity contribution in [1.82, 2.24) is 10.6 Å². The lowest BCUT2D eigenvalue weighted by Gasteiger charge is -2.18. The lowest BCUT2D eigenvalue weighted by molar-refractivity contribution is -0.887. The fourth-order valence-corrected chi connectivity index (χ4v) is 3.85. The van der Waals surface area contributed by atoms with Gasteiger partial charge in [0, 0.05) is 44.5 Å². The lowest BCUT2D eigenvalue weighted by Crippen LogP contribution is -3.10. The molecule has 6 heteroatoms. The summed E-state index contributed by atoms with van der Waals surface area (Å²) >= 11 is 0. The molecule has 0 saturated carbocycles. The van der Waals surface area contributed by atoms with Crippen LogP contribution in [0.5, 0.6) is 0 Å². The van der Waals surface area contributed by atoms with Crippen LogP contribution in [0, 0.1) is 13.8 Å². The summed E-state index contributed by atoms with van der Waals surface area (Å²) in [5.74, 6) is 0.0659. The number of nitrogens with one attached hydrogen (secondary N) is 3. The molecular formula is C20H31N4O2+. The number of hydrogen-bond donors (Lipinski definition) is 3. The topological polar surface area (TPSA) is 65.9 Å². The second-order valence-electron chi connectivity index (χ2n) is 7.63. The second kappa shape index (κ2) is 8.54. The molecule has 0 spiro atoms. The van der Waals surface area contributed by atoms with Crippen LogP contribution in [0.2, 0.25) is 0 Å². The van der Waals surface area contributed by atoms with Crippen molar-refractivity contribution in [2.45, 2.75) is 45.6 Å². The monoisotopic (exact) mass is 359 g/mol. The Morgan fingerprint density at radius 2 is 2.00 bits per heavy atom. The fraction of sp³-hybridized carbons (Fsp3) is 0.600. The van der Waals surface area contributed by atoms with E-state index in [-0.39, 0.29) is 18.0 Å². The number of nitrogens with zero attached hydrogens (tertiary/aromatic N) is 1. The third-order valence-electron chi connectivity index (χ3n) is 5.57. The molecule has 26 heavy (non-hydrogen) atoms. The Kier molecular flexibility index (Phi) is 6.14. The third-order valence-corrected chi connectivity index (χ3v) is 5.57. The van der Waals surface area contributed by atoms with Gasteiger partial charge in [0.25, 0.3) is 0 Å². The second-order valence-corrected chi connectivity index (χ2v) is 7.63. The first-order valence-corrected chi connectivity index (χ1v) is 9.78. The zero-order valence-corrected chi connectivity index (χ0v) is 15.9. The summed E-state index contributed by atoms with van der Waals surface area (Å²) in [7, 11) is 0. The highest BCUT2D eigenvalue weighted by Crippen LogP contribution is 2.24. The van der Waals surface area contributed by atoms with Gasteiger partial charge >= 0.3 is 6.03 Å². The minimum Gasteiger partial charge on any atom is -0.338 e. The van der Waals surface area contributed by atoms with E-state index in [9.17, 15) is 9.59 Å². The number of urea groups is 1. The Morgan fingerprint density at radius 1 is 1.23 bits per heavy atom. The third kappa shape index (κ3) is 4.75. The first-order valence-electron chi connectivity index (χ1n) is 9.78. The van der Waals surface area contributed by atoms with Crippen LogP contribution in [-0.4, -0.2) is 50.7 Å². The molecule has 2 aliphatic heterocycles. The molecule has 2 aliphatic rings. The van der Waals surface area contributed by atoms with Gasteiger partial charge in [-0.3, -0.25) is 4.79 Å². The predicted molar refractivity (Wildman–Crippen MR) is 103 cm³/mol. The molecule has 6 nitrogen and oxygen atoms in total. The molecule has 0 aromatic heterocycles. The van der Waals surface area contributed by atoms with Gasteiger partial charge in [-0.05, 0) is 37.1 Å². The molecule has 1 aromatic rings. The van der Waals surface area contributed by atoms with Crippen LogP contribution >= 0.6 is 0 Å². The number of likely N-dealkylation sites (tertiary alicyclic amines) is 1. The van der Waals surface area contributed by atoms with Crippen LogP contribution in [-0.2, 0) is 4.79 Å². The van der Waals surface area contributed by atoms with E-state index in [0.717, 1.165) is 18.7 Å². The number of rotatable bonds is 6. The van der Waals surface area contributed by atoms with Gasteiger partial charge in [0.05, 0.1) is 25.7 Å². The number of benzene rings is 1. The maximum atomic E-state index is 12.3. The fourth-order valence-electron chi connectivity index (χ4n) is 3.85. The summed E-state index contributed by atoms with van der Waals surface area (Å²) in [6.45, 7) is 9.00. The van der Waals surface area contributed by atoms with Crippen LogP contribution in [0.4, 0.5) is 10.5 Å². The van der Waals surface area contributed by atoms with Crippen molar-refractivity contribution in [3.05, 3.63) is 29.3 Å². The van der Waals surface area contributed by atoms with E-state index in [1.54, 1.807) is 9.80 Å². The van der Waals surface area contributed by atoms with Crippen molar-refractivity contribution in [3.63, 3.8) is 0 Å². The van der Waals surface area contributed by atoms with Gasteiger partial charge in [0.2, 0.25) is 5.91 Å². The van der Waals surface area contributed by atoms with Crippen molar-refractivity contribution >= 4 is 17.6 Å². The van der Waals surface area contributed by atoms with Crippen molar-refractivity contribution in [3.8, 4) is 0 Å². The average molecular weight is 359 g/mol. The minimum atomic E-state index is -0.166. The molecule has 0 bridgehead atoms. The number of hydrogen-bond acceptors (Lipinski definition) is 2. The van der Waals surface area contributed by atoms with Crippen molar-refractivity contribution in [2.75, 3.05) is 37.6 Å². The van der Waals surface area contributed by atoms with E-state index < -0.39 is 0 Å². The van der Waals surface area contributed by atoms with Crippen LogP contribution < -0.4 is 20.4 Å². The van der Waals surface area contributed by atoms with Gasteiger partial charge in [-0.1, -0.05) is 6.07 Å². The maximum Gasteiger partial charge on any atom is 0.315 e. The summed E-state index contributed by atoms with van der Waals surface area (Å²) in [4.78, 5) is 27.8. The first-order chi connectivity index (χ1) is 12.5. The molecule has 142 valence electrons. The number of amides is 3. The largest absolute Gasteiger partial charge is 0.338 e. The summed E-state index contributed by atoms with van der Waals surface area (Å²) in [5.41, 5.74) is 3.30. The standard InChI is InChI=1S/C20H30N4O2/c1-15-6-7-18(12-16(15)2)24-14-17(13-19(24)25)22-20(26)21-8-5-11-23-9-3-4-10-23/h6-7,12,17H,3-5,8-11,13-14H2,1-2H3,(H2,21,22,26)/p+1/t17-/m0/s1. The molecular weight excluding hydrogens is 328 g/mol. The highest BCUT2D eigenvalue weighted by Gasteiger charge is 2.31. The van der Waals surface area contributed by atoms with E-state index in [4.69, 9.17) is 0 Å². The quantitative estimate of drug-likeness (QED) is 0.657. The Balaban J connectivity index is 1.41. The van der Waals surface area contributed by atoms with Gasteiger partial charge in [-0.25, -0.2) is 4.79 Å². The van der Waals surface area contributed by atoms with Crippen LogP contribution in [0.1, 0.15) is 36.8 Å². The summed E-state index contributed by atoms with van der Waals surface area (Å²) < 4.78 is 0. The summed E-state index contributed by atoms with van der Waals surface area (Å²) in [6.07, 6.45) is 4.02. The summed E-state index contributed by atoms with van der Waals surface area (Å²) in [6, 6.07) is 5.75. The molecule has 2 fully saturated rings. The Bertz CT molecular complexity index is 655. The van der Waals surface area contributed by atoms with E-state index in [0.29, 0.717) is 19.5 Å². The Labute approximate surface area is 155 Å². The molecule has 0 unspecified atom stereocenters. The van der Waals surface area contributed by atoms with Gasteiger partial charge in [-0.15, -0.1) is 0 Å². The SMILES string of the molecule is Cc1ccc(N2C[C@@H](NC(=O)NCCC[NH+]3CCCC3)CC2=O)cc1C. The maximum absolute atomic E-state index is 12.3. The lowest BCUT2D eigenvalue weighted by atomic mass is 10.1. The summed E-state index contributed by atoms with van der Waals surface area (Å²) in [5, 5.41) is 5.87. The molecule has 0 radical (unpaired) electrons. The molecule has 1 atom stereocenters. The van der Waals surface area contributed by atoms with Gasteiger partial charge in [0.1, 0.15) is 0 Å².